The molecule has 2 rings (SSSR count). The minimum absolute atomic E-state index is 0.0856. The first-order chi connectivity index (χ1) is 8.31. The van der Waals surface area contributed by atoms with Gasteiger partial charge in [-0.15, -0.1) is 0 Å². The highest BCUT2D eigenvalue weighted by Crippen LogP contribution is 2.02. The zero-order chi connectivity index (χ0) is 12.8. The standard InChI is InChI=1S/C6H13NO.C5H11N.CH4BrN/c8-6-3-1-2-4-7-5-6;1-2-4-6-5-3-1;1-3-2/h6-8H,1-5H2;6H,1-5H2;3H,1H3/t6-;;/m1../s1. The molecule has 4 nitrogen and oxygen atoms in total. The second-order valence-electron chi connectivity index (χ2n) is 4.35. The molecule has 0 aromatic heterocycles. The monoisotopic (exact) mass is 309 g/mol. The molecule has 5 heteroatoms. The van der Waals surface area contributed by atoms with Gasteiger partial charge in [-0.2, -0.15) is 0 Å². The van der Waals surface area contributed by atoms with Gasteiger partial charge in [0.05, 0.1) is 6.10 Å². The number of aliphatic hydroxyl groups is 1. The lowest BCUT2D eigenvalue weighted by Crippen LogP contribution is -2.23. The van der Waals surface area contributed by atoms with Crippen molar-refractivity contribution in [2.75, 3.05) is 33.2 Å². The summed E-state index contributed by atoms with van der Waals surface area (Å²) in [4.78, 5) is 0. The van der Waals surface area contributed by atoms with Crippen LogP contribution in [0.3, 0.4) is 0 Å². The third kappa shape index (κ3) is 14.3. The second-order valence-corrected chi connectivity index (χ2v) is 5.15. The number of hydrogen-bond donors (Lipinski definition) is 4. The van der Waals surface area contributed by atoms with Gasteiger partial charge in [0, 0.05) is 22.7 Å². The molecule has 2 saturated heterocycles. The van der Waals surface area contributed by atoms with E-state index >= 15 is 0 Å². The fraction of sp³-hybridized carbons (Fsp3) is 1.00. The van der Waals surface area contributed by atoms with E-state index in [-0.39, 0.29) is 6.10 Å². The predicted molar refractivity (Wildman–Crippen MR) is 77.4 cm³/mol. The minimum Gasteiger partial charge on any atom is -0.392 e. The summed E-state index contributed by atoms with van der Waals surface area (Å²) in [6.07, 6.45) is 7.50. The van der Waals surface area contributed by atoms with Crippen LogP contribution in [0.15, 0.2) is 0 Å². The van der Waals surface area contributed by atoms with Crippen molar-refractivity contribution >= 4 is 16.1 Å². The molecular formula is C12H28BrN3O. The van der Waals surface area contributed by atoms with Gasteiger partial charge < -0.3 is 15.7 Å². The van der Waals surface area contributed by atoms with Crippen LogP contribution in [0.2, 0.25) is 0 Å². The number of β-amino-alcohol motifs (C(OH)–C–C–N with tert-alkyl or cyclic N) is 1. The first-order valence-corrected chi connectivity index (χ1v) is 7.47. The molecule has 0 aromatic rings. The molecule has 4 N–H and O–H groups in total. The molecular weight excluding hydrogens is 282 g/mol. The summed E-state index contributed by atoms with van der Waals surface area (Å²) in [5, 5.41) is 15.5. The van der Waals surface area contributed by atoms with Gasteiger partial charge in [0.2, 0.25) is 0 Å². The van der Waals surface area contributed by atoms with E-state index in [1.54, 1.807) is 7.05 Å². The van der Waals surface area contributed by atoms with E-state index in [0.717, 1.165) is 19.5 Å². The molecule has 0 amide bonds. The Morgan fingerprint density at radius 1 is 1.00 bits per heavy atom. The lowest BCUT2D eigenvalue weighted by Gasteiger charge is -2.08. The van der Waals surface area contributed by atoms with Crippen molar-refractivity contribution in [3.63, 3.8) is 0 Å². The number of aliphatic hydroxyl groups excluding tert-OH is 1. The van der Waals surface area contributed by atoms with Crippen LogP contribution >= 0.6 is 16.1 Å². The van der Waals surface area contributed by atoms with Crippen LogP contribution in [0.5, 0.6) is 0 Å². The maximum atomic E-state index is 9.03. The molecule has 2 heterocycles. The summed E-state index contributed by atoms with van der Waals surface area (Å²) in [5.41, 5.74) is 0. The molecule has 2 aliphatic heterocycles. The molecule has 17 heavy (non-hydrogen) atoms. The Morgan fingerprint density at radius 3 is 2.00 bits per heavy atom. The molecule has 0 spiro atoms. The summed E-state index contributed by atoms with van der Waals surface area (Å²) in [6.45, 7) is 4.37. The molecule has 1 atom stereocenters. The number of rotatable bonds is 0. The fourth-order valence-electron chi connectivity index (χ4n) is 1.80. The quantitative estimate of drug-likeness (QED) is 0.511. The second kappa shape index (κ2) is 14.4. The van der Waals surface area contributed by atoms with Crippen LogP contribution in [0, 0.1) is 0 Å². The summed E-state index contributed by atoms with van der Waals surface area (Å²) >= 11 is 2.90. The summed E-state index contributed by atoms with van der Waals surface area (Å²) < 4.78 is 2.56. The summed E-state index contributed by atoms with van der Waals surface area (Å²) in [7, 11) is 1.79. The number of piperidine rings is 1. The van der Waals surface area contributed by atoms with Crippen molar-refractivity contribution in [2.24, 2.45) is 0 Å². The highest BCUT2D eigenvalue weighted by Gasteiger charge is 2.05. The molecule has 2 fully saturated rings. The van der Waals surface area contributed by atoms with E-state index in [9.17, 15) is 0 Å². The largest absolute Gasteiger partial charge is 0.392 e. The molecule has 104 valence electrons. The lowest BCUT2D eigenvalue weighted by atomic mass is 10.2. The van der Waals surface area contributed by atoms with Crippen molar-refractivity contribution in [3.05, 3.63) is 0 Å². The van der Waals surface area contributed by atoms with Gasteiger partial charge >= 0.3 is 0 Å². The third-order valence-corrected chi connectivity index (χ3v) is 2.73. The van der Waals surface area contributed by atoms with Crippen LogP contribution < -0.4 is 15.0 Å². The highest BCUT2D eigenvalue weighted by molar-refractivity contribution is 9.08. The Kier molecular flexibility index (Phi) is 14.7. The van der Waals surface area contributed by atoms with Gasteiger partial charge in [-0.25, -0.2) is 0 Å². The van der Waals surface area contributed by atoms with E-state index in [4.69, 9.17) is 5.11 Å². The average molecular weight is 310 g/mol. The smallest absolute Gasteiger partial charge is 0.0664 e. The van der Waals surface area contributed by atoms with Crippen LogP contribution in [0.1, 0.15) is 38.5 Å². The van der Waals surface area contributed by atoms with E-state index < -0.39 is 0 Å². The molecule has 0 aliphatic carbocycles. The first-order valence-electron chi connectivity index (χ1n) is 6.68. The van der Waals surface area contributed by atoms with Gasteiger partial charge in [0.25, 0.3) is 0 Å². The van der Waals surface area contributed by atoms with Gasteiger partial charge in [-0.05, 0) is 58.8 Å². The van der Waals surface area contributed by atoms with Gasteiger partial charge in [-0.3, -0.25) is 4.34 Å². The zero-order valence-electron chi connectivity index (χ0n) is 11.0. The van der Waals surface area contributed by atoms with Gasteiger partial charge in [0.1, 0.15) is 0 Å². The Balaban J connectivity index is 0.000000252. The number of hydrogen-bond acceptors (Lipinski definition) is 4. The third-order valence-electron chi connectivity index (χ3n) is 2.73. The first kappa shape index (κ1) is 17.3. The van der Waals surface area contributed by atoms with E-state index in [0.29, 0.717) is 0 Å². The van der Waals surface area contributed by atoms with E-state index in [1.165, 1.54) is 45.2 Å². The topological polar surface area (TPSA) is 56.3 Å². The van der Waals surface area contributed by atoms with Crippen LogP contribution in [-0.2, 0) is 0 Å². The van der Waals surface area contributed by atoms with Crippen molar-refractivity contribution in [3.8, 4) is 0 Å². The van der Waals surface area contributed by atoms with Crippen molar-refractivity contribution < 1.29 is 5.11 Å². The van der Waals surface area contributed by atoms with Crippen LogP contribution in [0.25, 0.3) is 0 Å². The molecule has 2 aliphatic rings. The molecule has 0 radical (unpaired) electrons. The zero-order valence-corrected chi connectivity index (χ0v) is 12.6. The summed E-state index contributed by atoms with van der Waals surface area (Å²) in [6, 6.07) is 0. The van der Waals surface area contributed by atoms with Gasteiger partial charge in [-0.1, -0.05) is 6.42 Å². The summed E-state index contributed by atoms with van der Waals surface area (Å²) in [5.74, 6) is 0. The number of halogens is 1. The maximum absolute atomic E-state index is 9.03. The van der Waals surface area contributed by atoms with Gasteiger partial charge in [0.15, 0.2) is 0 Å². The molecule has 0 bridgehead atoms. The average Bonchev–Trinajstić information content (AvgIpc) is 2.61. The fourth-order valence-corrected chi connectivity index (χ4v) is 1.80. The Bertz CT molecular complexity index is 126. The SMILES string of the molecule is C1CCNCC1.CNBr.O[C@@H]1CCCCNC1. The molecule has 0 unspecified atom stereocenters. The normalized spacial score (nSPS) is 24.5. The molecule has 0 saturated carbocycles. The van der Waals surface area contributed by atoms with E-state index in [1.807, 2.05) is 0 Å². The predicted octanol–water partition coefficient (Wildman–Crippen LogP) is 1.40. The maximum Gasteiger partial charge on any atom is 0.0664 e. The van der Waals surface area contributed by atoms with E-state index in [2.05, 4.69) is 31.1 Å². The number of nitrogens with one attached hydrogen (secondary N) is 3. The Morgan fingerprint density at radius 2 is 1.53 bits per heavy atom. The highest BCUT2D eigenvalue weighted by atomic mass is 79.9. The van der Waals surface area contributed by atoms with Crippen molar-refractivity contribution in [1.29, 1.82) is 0 Å². The van der Waals surface area contributed by atoms with Crippen molar-refractivity contribution in [1.82, 2.24) is 15.0 Å². The lowest BCUT2D eigenvalue weighted by molar-refractivity contribution is 0.168. The van der Waals surface area contributed by atoms with Crippen LogP contribution in [0.4, 0.5) is 0 Å². The van der Waals surface area contributed by atoms with Crippen LogP contribution in [-0.4, -0.2) is 44.4 Å². The Hall–Kier alpha value is 0.320. The molecule has 0 aromatic carbocycles. The Labute approximate surface area is 114 Å². The minimum atomic E-state index is -0.0856. The van der Waals surface area contributed by atoms with Crippen molar-refractivity contribution in [2.45, 2.75) is 44.6 Å².